The summed E-state index contributed by atoms with van der Waals surface area (Å²) in [5.74, 6) is 0.685. The number of aryl methyl sites for hydroxylation is 1. The van der Waals surface area contributed by atoms with Crippen molar-refractivity contribution in [3.05, 3.63) is 53.2 Å². The van der Waals surface area contributed by atoms with Gasteiger partial charge in [-0.25, -0.2) is 4.98 Å². The summed E-state index contributed by atoms with van der Waals surface area (Å²) < 4.78 is 0. The molecule has 0 fully saturated rings. The number of nitrogens with two attached hydrogens (primary N) is 2. The number of aromatic nitrogens is 2. The number of anilines is 2. The monoisotopic (exact) mass is 254 g/mol. The summed E-state index contributed by atoms with van der Waals surface area (Å²) in [5.41, 5.74) is 15.6. The minimum Gasteiger partial charge on any atom is -0.383 e. The van der Waals surface area contributed by atoms with Gasteiger partial charge in [-0.05, 0) is 31.4 Å². The zero-order valence-electron chi connectivity index (χ0n) is 11.2. The van der Waals surface area contributed by atoms with Gasteiger partial charge in [0.2, 0.25) is 5.95 Å². The van der Waals surface area contributed by atoms with Crippen molar-refractivity contribution < 1.29 is 0 Å². The number of hydrogen-bond donors (Lipinski definition) is 2. The summed E-state index contributed by atoms with van der Waals surface area (Å²) >= 11 is 0. The molecule has 4 heteroatoms. The fourth-order valence-corrected chi connectivity index (χ4v) is 1.97. The van der Waals surface area contributed by atoms with E-state index < -0.39 is 0 Å². The Hall–Kier alpha value is -2.36. The molecule has 0 unspecified atom stereocenters. The summed E-state index contributed by atoms with van der Waals surface area (Å²) in [6.07, 6.45) is 2.84. The Morgan fingerprint density at radius 2 is 1.84 bits per heavy atom. The summed E-state index contributed by atoms with van der Waals surface area (Å²) in [6.45, 7) is 3.98. The molecule has 0 amide bonds. The Kier molecular flexibility index (Phi) is 3.80. The third-order valence-electron chi connectivity index (χ3n) is 3.10. The highest BCUT2D eigenvalue weighted by molar-refractivity contribution is 5.64. The van der Waals surface area contributed by atoms with Crippen LogP contribution in [0.4, 0.5) is 11.8 Å². The molecule has 0 radical (unpaired) electrons. The lowest BCUT2D eigenvalue weighted by Gasteiger charge is -2.07. The van der Waals surface area contributed by atoms with Crippen molar-refractivity contribution in [1.29, 1.82) is 0 Å². The van der Waals surface area contributed by atoms with Gasteiger partial charge in [0.15, 0.2) is 0 Å². The summed E-state index contributed by atoms with van der Waals surface area (Å²) in [7, 11) is 0. The number of nitrogen functional groups attached to an aromatic ring is 2. The molecular weight excluding hydrogens is 236 g/mol. The Bertz CT molecular complexity index is 580. The van der Waals surface area contributed by atoms with Crippen LogP contribution in [0.2, 0.25) is 0 Å². The molecule has 98 valence electrons. The van der Waals surface area contributed by atoms with Gasteiger partial charge in [-0.15, -0.1) is 0 Å². The summed E-state index contributed by atoms with van der Waals surface area (Å²) in [5, 5.41) is 0. The lowest BCUT2D eigenvalue weighted by Crippen LogP contribution is -2.06. The average Bonchev–Trinajstić information content (AvgIpc) is 2.38. The number of allylic oxidation sites excluding steroid dienone is 2. The topological polar surface area (TPSA) is 77.8 Å². The zero-order valence-corrected chi connectivity index (χ0v) is 11.2. The lowest BCUT2D eigenvalue weighted by atomic mass is 10.0. The predicted octanol–water partition coefficient (Wildman–Crippen LogP) is 2.60. The minimum absolute atomic E-state index is 0.225. The van der Waals surface area contributed by atoms with Crippen LogP contribution in [0.3, 0.4) is 0 Å². The Labute approximate surface area is 113 Å². The second-order valence-corrected chi connectivity index (χ2v) is 4.49. The number of benzene rings is 1. The fourth-order valence-electron chi connectivity index (χ4n) is 1.97. The van der Waals surface area contributed by atoms with Crippen LogP contribution in [-0.4, -0.2) is 9.97 Å². The van der Waals surface area contributed by atoms with E-state index in [2.05, 4.69) is 35.1 Å². The first-order chi connectivity index (χ1) is 9.08. The second kappa shape index (κ2) is 5.52. The minimum atomic E-state index is 0.225. The van der Waals surface area contributed by atoms with Crippen molar-refractivity contribution in [1.82, 2.24) is 9.97 Å². The molecule has 0 saturated carbocycles. The molecule has 0 aliphatic rings. The highest BCUT2D eigenvalue weighted by Gasteiger charge is 2.06. The van der Waals surface area contributed by atoms with Gasteiger partial charge in [-0.2, -0.15) is 4.98 Å². The van der Waals surface area contributed by atoms with Crippen molar-refractivity contribution in [2.24, 2.45) is 0 Å². The molecule has 1 aromatic heterocycles. The zero-order chi connectivity index (χ0) is 13.8. The van der Waals surface area contributed by atoms with Gasteiger partial charge >= 0.3 is 0 Å². The molecule has 19 heavy (non-hydrogen) atoms. The van der Waals surface area contributed by atoms with Gasteiger partial charge in [-0.1, -0.05) is 36.4 Å². The van der Waals surface area contributed by atoms with Crippen molar-refractivity contribution in [2.45, 2.75) is 20.3 Å². The Morgan fingerprint density at radius 3 is 2.47 bits per heavy atom. The molecule has 0 atom stereocenters. The summed E-state index contributed by atoms with van der Waals surface area (Å²) in [4.78, 5) is 8.14. The van der Waals surface area contributed by atoms with Gasteiger partial charge in [-0.3, -0.25) is 0 Å². The van der Waals surface area contributed by atoms with Crippen LogP contribution >= 0.6 is 0 Å². The third-order valence-corrected chi connectivity index (χ3v) is 3.10. The van der Waals surface area contributed by atoms with Crippen LogP contribution in [0.15, 0.2) is 36.4 Å². The number of hydrogen-bond acceptors (Lipinski definition) is 4. The highest BCUT2D eigenvalue weighted by atomic mass is 15.0. The molecule has 0 spiro atoms. The maximum absolute atomic E-state index is 5.89. The van der Waals surface area contributed by atoms with E-state index >= 15 is 0 Å². The smallest absolute Gasteiger partial charge is 0.222 e. The van der Waals surface area contributed by atoms with Gasteiger partial charge < -0.3 is 11.5 Å². The summed E-state index contributed by atoms with van der Waals surface area (Å²) in [6, 6.07) is 10.2. The molecular formula is C15H18N4. The normalized spacial score (nSPS) is 11.6. The van der Waals surface area contributed by atoms with Crippen molar-refractivity contribution in [3.63, 3.8) is 0 Å². The van der Waals surface area contributed by atoms with E-state index in [-0.39, 0.29) is 5.95 Å². The van der Waals surface area contributed by atoms with Gasteiger partial charge in [0.1, 0.15) is 5.82 Å². The van der Waals surface area contributed by atoms with Gasteiger partial charge in [0.05, 0.1) is 0 Å². The van der Waals surface area contributed by atoms with E-state index in [1.807, 2.05) is 25.1 Å². The molecule has 4 N–H and O–H groups in total. The van der Waals surface area contributed by atoms with Crippen molar-refractivity contribution in [2.75, 3.05) is 11.5 Å². The Morgan fingerprint density at radius 1 is 1.16 bits per heavy atom. The number of nitrogens with zero attached hydrogens (tertiary/aromatic N) is 2. The first kappa shape index (κ1) is 13.1. The van der Waals surface area contributed by atoms with Crippen LogP contribution in [-0.2, 0) is 6.42 Å². The van der Waals surface area contributed by atoms with Crippen molar-refractivity contribution >= 4 is 17.3 Å². The standard InChI is InChI=1S/C15H18N4/c1-10(12-6-4-3-5-7-12)8-9-13-11(2)18-15(17)19-14(13)16/h3-8H,9H2,1-2H3,(H4,16,17,18,19)/b10-8+. The van der Waals surface area contributed by atoms with Crippen LogP contribution in [0.1, 0.15) is 23.7 Å². The first-order valence-corrected chi connectivity index (χ1v) is 6.18. The maximum atomic E-state index is 5.89. The molecule has 4 nitrogen and oxygen atoms in total. The molecule has 0 aliphatic heterocycles. The largest absolute Gasteiger partial charge is 0.383 e. The van der Waals surface area contributed by atoms with E-state index in [4.69, 9.17) is 11.5 Å². The predicted molar refractivity (Wildman–Crippen MR) is 79.4 cm³/mol. The van der Waals surface area contributed by atoms with E-state index in [1.165, 1.54) is 11.1 Å². The highest BCUT2D eigenvalue weighted by Crippen LogP contribution is 2.18. The van der Waals surface area contributed by atoms with Crippen LogP contribution in [0.5, 0.6) is 0 Å². The van der Waals surface area contributed by atoms with E-state index in [1.54, 1.807) is 0 Å². The van der Waals surface area contributed by atoms with Crippen LogP contribution < -0.4 is 11.5 Å². The molecule has 0 aliphatic carbocycles. The molecule has 1 aromatic carbocycles. The third kappa shape index (κ3) is 3.10. The molecule has 2 aromatic rings. The van der Waals surface area contributed by atoms with Crippen molar-refractivity contribution in [3.8, 4) is 0 Å². The quantitative estimate of drug-likeness (QED) is 0.882. The first-order valence-electron chi connectivity index (χ1n) is 6.18. The SMILES string of the molecule is C/C(=C\Cc1c(C)nc(N)nc1N)c1ccccc1. The van der Waals surface area contributed by atoms with E-state index in [0.29, 0.717) is 12.2 Å². The Balaban J connectivity index is 2.23. The maximum Gasteiger partial charge on any atom is 0.222 e. The fraction of sp³-hybridized carbons (Fsp3) is 0.200. The molecule has 2 rings (SSSR count). The molecule has 0 bridgehead atoms. The van der Waals surface area contributed by atoms with E-state index in [9.17, 15) is 0 Å². The molecule has 0 saturated heterocycles. The van der Waals surface area contributed by atoms with E-state index in [0.717, 1.165) is 11.3 Å². The van der Waals surface area contributed by atoms with Crippen LogP contribution in [0.25, 0.3) is 5.57 Å². The van der Waals surface area contributed by atoms with Gasteiger partial charge in [0, 0.05) is 11.3 Å². The second-order valence-electron chi connectivity index (χ2n) is 4.49. The lowest BCUT2D eigenvalue weighted by molar-refractivity contribution is 1.05. The van der Waals surface area contributed by atoms with Crippen LogP contribution in [0, 0.1) is 6.92 Å². The average molecular weight is 254 g/mol. The molecule has 1 heterocycles. The van der Waals surface area contributed by atoms with Gasteiger partial charge in [0.25, 0.3) is 0 Å². The number of rotatable bonds is 3.